The predicted octanol–water partition coefficient (Wildman–Crippen LogP) is 2.48. The summed E-state index contributed by atoms with van der Waals surface area (Å²) in [7, 11) is 2.27. The van der Waals surface area contributed by atoms with Crippen LogP contribution in [-0.2, 0) is 0 Å². The summed E-state index contributed by atoms with van der Waals surface area (Å²) >= 11 is 0. The lowest BCUT2D eigenvalue weighted by molar-refractivity contribution is 0.0706. The van der Waals surface area contributed by atoms with E-state index in [2.05, 4.69) is 39.6 Å². The molecule has 0 aliphatic heterocycles. The summed E-state index contributed by atoms with van der Waals surface area (Å²) in [6, 6.07) is 1.82. The van der Waals surface area contributed by atoms with Gasteiger partial charge in [0.25, 0.3) is 0 Å². The molecular formula is C13H28N2. The van der Waals surface area contributed by atoms with Crippen LogP contribution in [0.5, 0.6) is 0 Å². The van der Waals surface area contributed by atoms with Crippen molar-refractivity contribution in [1.29, 1.82) is 0 Å². The number of nitrogens with zero attached hydrogens (tertiary/aromatic N) is 1. The van der Waals surface area contributed by atoms with Crippen LogP contribution in [0.3, 0.4) is 0 Å². The third-order valence-corrected chi connectivity index (χ3v) is 4.10. The molecule has 15 heavy (non-hydrogen) atoms. The summed E-state index contributed by atoms with van der Waals surface area (Å²) in [6.45, 7) is 9.24. The maximum atomic E-state index is 6.08. The molecule has 2 unspecified atom stereocenters. The minimum atomic E-state index is 0.439. The van der Waals surface area contributed by atoms with E-state index in [0.29, 0.717) is 12.1 Å². The third-order valence-electron chi connectivity index (χ3n) is 4.10. The van der Waals surface area contributed by atoms with Crippen LogP contribution in [0.4, 0.5) is 0 Å². The molecule has 1 aliphatic carbocycles. The van der Waals surface area contributed by atoms with Gasteiger partial charge in [0.1, 0.15) is 0 Å². The molecule has 0 radical (unpaired) electrons. The zero-order valence-electron chi connectivity index (χ0n) is 11.0. The molecule has 2 heteroatoms. The van der Waals surface area contributed by atoms with E-state index in [0.717, 1.165) is 17.9 Å². The van der Waals surface area contributed by atoms with E-state index in [9.17, 15) is 0 Å². The Hall–Kier alpha value is -0.0800. The Balaban J connectivity index is 2.68. The summed E-state index contributed by atoms with van der Waals surface area (Å²) < 4.78 is 0. The molecule has 0 saturated heterocycles. The van der Waals surface area contributed by atoms with Gasteiger partial charge in [-0.2, -0.15) is 0 Å². The van der Waals surface area contributed by atoms with E-state index >= 15 is 0 Å². The Morgan fingerprint density at radius 1 is 1.13 bits per heavy atom. The van der Waals surface area contributed by atoms with Gasteiger partial charge >= 0.3 is 0 Å². The Morgan fingerprint density at radius 2 is 1.73 bits per heavy atom. The summed E-state index contributed by atoms with van der Waals surface area (Å²) in [4.78, 5) is 2.54. The fourth-order valence-electron chi connectivity index (χ4n) is 2.83. The van der Waals surface area contributed by atoms with Gasteiger partial charge in [-0.1, -0.05) is 13.8 Å². The Morgan fingerprint density at radius 3 is 2.20 bits per heavy atom. The summed E-state index contributed by atoms with van der Waals surface area (Å²) in [5, 5.41) is 0. The Bertz CT molecular complexity index is 189. The van der Waals surface area contributed by atoms with Crippen LogP contribution in [0.1, 0.15) is 47.0 Å². The SMILES string of the molecule is CC(C)C1C[C@@H](N)CCC1N(C)C(C)C. The topological polar surface area (TPSA) is 29.3 Å². The fraction of sp³-hybridized carbons (Fsp3) is 1.00. The second-order valence-corrected chi connectivity index (χ2v) is 5.81. The lowest BCUT2D eigenvalue weighted by Crippen LogP contribution is -2.49. The quantitative estimate of drug-likeness (QED) is 0.779. The van der Waals surface area contributed by atoms with Crippen molar-refractivity contribution in [3.05, 3.63) is 0 Å². The van der Waals surface area contributed by atoms with E-state index in [-0.39, 0.29) is 0 Å². The molecule has 0 bridgehead atoms. The molecule has 1 rings (SSSR count). The highest BCUT2D eigenvalue weighted by atomic mass is 15.2. The first-order chi connectivity index (χ1) is 6.93. The van der Waals surface area contributed by atoms with E-state index in [4.69, 9.17) is 5.73 Å². The normalized spacial score (nSPS) is 33.0. The Kier molecular flexibility index (Phi) is 4.60. The minimum absolute atomic E-state index is 0.439. The Labute approximate surface area is 95.2 Å². The molecule has 90 valence electrons. The van der Waals surface area contributed by atoms with Crippen LogP contribution >= 0.6 is 0 Å². The zero-order chi connectivity index (χ0) is 11.6. The van der Waals surface area contributed by atoms with E-state index in [1.165, 1.54) is 19.3 Å². The molecule has 0 aromatic rings. The average Bonchev–Trinajstić information content (AvgIpc) is 2.16. The van der Waals surface area contributed by atoms with E-state index in [1.54, 1.807) is 0 Å². The third kappa shape index (κ3) is 3.18. The second kappa shape index (κ2) is 5.31. The fourth-order valence-corrected chi connectivity index (χ4v) is 2.83. The summed E-state index contributed by atoms with van der Waals surface area (Å²) in [5.74, 6) is 1.53. The standard InChI is InChI=1S/C13H28N2/c1-9(2)12-8-11(14)6-7-13(12)15(5)10(3)4/h9-13H,6-8,14H2,1-5H3/t11-,12?,13?/m0/s1. The average molecular weight is 212 g/mol. The van der Waals surface area contributed by atoms with Crippen LogP contribution in [0.15, 0.2) is 0 Å². The van der Waals surface area contributed by atoms with Gasteiger partial charge in [0, 0.05) is 18.1 Å². The van der Waals surface area contributed by atoms with Crippen LogP contribution in [0.25, 0.3) is 0 Å². The van der Waals surface area contributed by atoms with Crippen LogP contribution < -0.4 is 5.73 Å². The number of nitrogens with two attached hydrogens (primary N) is 1. The highest BCUT2D eigenvalue weighted by Gasteiger charge is 2.33. The van der Waals surface area contributed by atoms with E-state index < -0.39 is 0 Å². The number of rotatable bonds is 3. The first kappa shape index (κ1) is 13.0. The van der Waals surface area contributed by atoms with Crippen molar-refractivity contribution >= 4 is 0 Å². The number of hydrogen-bond acceptors (Lipinski definition) is 2. The smallest absolute Gasteiger partial charge is 0.0127 e. The summed E-state index contributed by atoms with van der Waals surface area (Å²) in [5.41, 5.74) is 6.08. The molecule has 0 aromatic carbocycles. The van der Waals surface area contributed by atoms with Crippen molar-refractivity contribution < 1.29 is 0 Å². The molecule has 2 nitrogen and oxygen atoms in total. The van der Waals surface area contributed by atoms with Gasteiger partial charge in [0.15, 0.2) is 0 Å². The highest BCUT2D eigenvalue weighted by molar-refractivity contribution is 4.89. The largest absolute Gasteiger partial charge is 0.328 e. The molecule has 0 spiro atoms. The first-order valence-electron chi connectivity index (χ1n) is 6.41. The lowest BCUT2D eigenvalue weighted by atomic mass is 9.75. The van der Waals surface area contributed by atoms with Crippen LogP contribution in [0, 0.1) is 11.8 Å². The van der Waals surface area contributed by atoms with Gasteiger partial charge in [0.05, 0.1) is 0 Å². The van der Waals surface area contributed by atoms with Gasteiger partial charge < -0.3 is 10.6 Å². The van der Waals surface area contributed by atoms with Crippen LogP contribution in [-0.4, -0.2) is 30.1 Å². The van der Waals surface area contributed by atoms with Gasteiger partial charge in [-0.05, 0) is 52.0 Å². The van der Waals surface area contributed by atoms with Crippen molar-refractivity contribution in [2.24, 2.45) is 17.6 Å². The minimum Gasteiger partial charge on any atom is -0.328 e. The van der Waals surface area contributed by atoms with Gasteiger partial charge in [-0.15, -0.1) is 0 Å². The molecule has 1 aliphatic rings. The van der Waals surface area contributed by atoms with Crippen molar-refractivity contribution in [2.45, 2.75) is 65.1 Å². The monoisotopic (exact) mass is 212 g/mol. The first-order valence-corrected chi connectivity index (χ1v) is 6.41. The van der Waals surface area contributed by atoms with Crippen LogP contribution in [0.2, 0.25) is 0 Å². The van der Waals surface area contributed by atoms with Crippen molar-refractivity contribution in [2.75, 3.05) is 7.05 Å². The maximum absolute atomic E-state index is 6.08. The molecule has 3 atom stereocenters. The zero-order valence-corrected chi connectivity index (χ0v) is 11.0. The molecule has 0 heterocycles. The molecular weight excluding hydrogens is 184 g/mol. The van der Waals surface area contributed by atoms with Crippen molar-refractivity contribution in [3.63, 3.8) is 0 Å². The molecule has 0 aromatic heterocycles. The highest BCUT2D eigenvalue weighted by Crippen LogP contribution is 2.33. The van der Waals surface area contributed by atoms with Crippen molar-refractivity contribution in [3.8, 4) is 0 Å². The summed E-state index contributed by atoms with van der Waals surface area (Å²) in [6.07, 6.45) is 3.68. The number of hydrogen-bond donors (Lipinski definition) is 1. The predicted molar refractivity (Wildman–Crippen MR) is 66.8 cm³/mol. The molecule has 0 amide bonds. The van der Waals surface area contributed by atoms with E-state index in [1.807, 2.05) is 0 Å². The molecule has 2 N–H and O–H groups in total. The molecule has 1 fully saturated rings. The maximum Gasteiger partial charge on any atom is 0.0127 e. The second-order valence-electron chi connectivity index (χ2n) is 5.81. The van der Waals surface area contributed by atoms with Crippen molar-refractivity contribution in [1.82, 2.24) is 4.90 Å². The van der Waals surface area contributed by atoms with Gasteiger partial charge in [-0.25, -0.2) is 0 Å². The lowest BCUT2D eigenvalue weighted by Gasteiger charge is -2.43. The molecule has 1 saturated carbocycles. The van der Waals surface area contributed by atoms with Gasteiger partial charge in [0.2, 0.25) is 0 Å². The van der Waals surface area contributed by atoms with Gasteiger partial charge in [-0.3, -0.25) is 0 Å².